The van der Waals surface area contributed by atoms with E-state index in [4.69, 9.17) is 0 Å². The molecule has 12 heteroatoms. The van der Waals surface area contributed by atoms with E-state index in [2.05, 4.69) is 56.0 Å². The quantitative estimate of drug-likeness (QED) is 0.211. The van der Waals surface area contributed by atoms with E-state index in [1.165, 1.54) is 40.8 Å². The largest absolute Gasteiger partial charge is 0.573 e. The summed E-state index contributed by atoms with van der Waals surface area (Å²) in [5, 5.41) is 8.16. The Morgan fingerprint density at radius 1 is 1.09 bits per heavy atom. The highest BCUT2D eigenvalue weighted by Crippen LogP contribution is 2.29. The van der Waals surface area contributed by atoms with Crippen LogP contribution in [0.15, 0.2) is 84.1 Å². The maximum absolute atomic E-state index is 12.8. The van der Waals surface area contributed by atoms with Crippen molar-refractivity contribution >= 4 is 28.6 Å². The monoisotopic (exact) mass is 622 g/mol. The predicted octanol–water partition coefficient (Wildman–Crippen LogP) is 7.28. The lowest BCUT2D eigenvalue weighted by Gasteiger charge is -2.31. The number of rotatable bonds is 9. The molecule has 1 aliphatic rings. The molecule has 5 rings (SSSR count). The number of thioether (sulfide) groups is 1. The molecule has 1 saturated heterocycles. The minimum atomic E-state index is -4.74. The second-order valence-corrected chi connectivity index (χ2v) is 11.5. The van der Waals surface area contributed by atoms with Crippen LogP contribution in [-0.2, 0) is 12.8 Å². The first kappa shape index (κ1) is 31.1. The number of hydrogen-bond acceptors (Lipinski definition) is 5. The van der Waals surface area contributed by atoms with Crippen molar-refractivity contribution in [3.05, 3.63) is 90.3 Å². The Bertz CT molecular complexity index is 1590. The number of carbonyl (C=O) groups excluding carboxylic acids is 1. The Balaban J connectivity index is 1.14. The van der Waals surface area contributed by atoms with Gasteiger partial charge in [0.15, 0.2) is 11.0 Å². The molecule has 44 heavy (non-hydrogen) atoms. The smallest absolute Gasteiger partial charge is 0.406 e. The van der Waals surface area contributed by atoms with Crippen LogP contribution in [0.1, 0.15) is 31.4 Å². The van der Waals surface area contributed by atoms with E-state index in [0.717, 1.165) is 53.5 Å². The van der Waals surface area contributed by atoms with Crippen LogP contribution < -0.4 is 15.0 Å². The van der Waals surface area contributed by atoms with Crippen molar-refractivity contribution in [2.45, 2.75) is 39.5 Å². The summed E-state index contributed by atoms with van der Waals surface area (Å²) in [5.74, 6) is 1.31. The highest BCUT2D eigenvalue weighted by Gasteiger charge is 2.31. The fourth-order valence-electron chi connectivity index (χ4n) is 4.92. The number of amides is 2. The van der Waals surface area contributed by atoms with Gasteiger partial charge in [0, 0.05) is 30.1 Å². The number of alkyl halides is 3. The number of hydrogen-bond donors (Lipinski definition) is 1. The van der Waals surface area contributed by atoms with Gasteiger partial charge in [-0.3, -0.25) is 0 Å². The molecule has 2 amide bonds. The summed E-state index contributed by atoms with van der Waals surface area (Å²) in [6, 6.07) is 21.2. The van der Waals surface area contributed by atoms with E-state index >= 15 is 0 Å². The fraction of sp³-hybridized carbons (Fsp3) is 0.312. The van der Waals surface area contributed by atoms with Gasteiger partial charge in [-0.15, -0.1) is 18.3 Å². The SMILES string of the molecule is CCc1ccccc1N1CCCSC1=NC(=O)NCC(C)Cc1ccc(-c2ncn(-c3ccc(OC(F)(F)F)cc3)n2)cc1. The first-order chi connectivity index (χ1) is 21.2. The molecule has 8 nitrogen and oxygen atoms in total. The molecule has 2 heterocycles. The zero-order valence-electron chi connectivity index (χ0n) is 24.4. The number of aromatic nitrogens is 3. The molecule has 1 N–H and O–H groups in total. The summed E-state index contributed by atoms with van der Waals surface area (Å²) in [5.41, 5.74) is 4.81. The molecule has 0 spiro atoms. The normalized spacial score (nSPS) is 15.3. The number of anilines is 1. The van der Waals surface area contributed by atoms with Crippen molar-refractivity contribution < 1.29 is 22.7 Å². The van der Waals surface area contributed by atoms with Crippen LogP contribution in [0.25, 0.3) is 17.1 Å². The summed E-state index contributed by atoms with van der Waals surface area (Å²) in [6.07, 6.45) is -0.528. The number of nitrogens with one attached hydrogen (secondary N) is 1. The minimum Gasteiger partial charge on any atom is -0.406 e. The van der Waals surface area contributed by atoms with Gasteiger partial charge in [-0.25, -0.2) is 14.5 Å². The predicted molar refractivity (Wildman–Crippen MR) is 167 cm³/mol. The second-order valence-electron chi connectivity index (χ2n) is 10.5. The molecule has 1 aliphatic heterocycles. The van der Waals surface area contributed by atoms with E-state index < -0.39 is 6.36 Å². The van der Waals surface area contributed by atoms with Gasteiger partial charge in [0.25, 0.3) is 0 Å². The molecule has 0 aliphatic carbocycles. The highest BCUT2D eigenvalue weighted by atomic mass is 32.2. The van der Waals surface area contributed by atoms with Crippen LogP contribution in [-0.4, -0.2) is 51.2 Å². The zero-order valence-corrected chi connectivity index (χ0v) is 25.2. The second kappa shape index (κ2) is 14.0. The van der Waals surface area contributed by atoms with Crippen LogP contribution in [0, 0.1) is 5.92 Å². The van der Waals surface area contributed by atoms with E-state index in [9.17, 15) is 18.0 Å². The number of urea groups is 1. The van der Waals surface area contributed by atoms with E-state index in [1.54, 1.807) is 11.8 Å². The number of carbonyl (C=O) groups is 1. The third-order valence-electron chi connectivity index (χ3n) is 7.07. The summed E-state index contributed by atoms with van der Waals surface area (Å²) in [6.45, 7) is 5.54. The third kappa shape index (κ3) is 8.19. The number of aryl methyl sites for hydroxylation is 1. The van der Waals surface area contributed by atoms with Gasteiger partial charge >= 0.3 is 12.4 Å². The van der Waals surface area contributed by atoms with Gasteiger partial charge in [-0.05, 0) is 66.6 Å². The molecule has 0 radical (unpaired) electrons. The van der Waals surface area contributed by atoms with Crippen LogP contribution in [0.3, 0.4) is 0 Å². The fourth-order valence-corrected chi connectivity index (χ4v) is 5.87. The number of ether oxygens (including phenoxy) is 1. The minimum absolute atomic E-state index is 0.183. The average molecular weight is 623 g/mol. The maximum Gasteiger partial charge on any atom is 0.573 e. The third-order valence-corrected chi connectivity index (χ3v) is 8.14. The van der Waals surface area contributed by atoms with Crippen LogP contribution in [0.5, 0.6) is 5.75 Å². The van der Waals surface area contributed by atoms with E-state index in [1.807, 2.05) is 36.4 Å². The van der Waals surface area contributed by atoms with Gasteiger partial charge in [0.1, 0.15) is 12.1 Å². The summed E-state index contributed by atoms with van der Waals surface area (Å²) in [7, 11) is 0. The Morgan fingerprint density at radius 3 is 2.57 bits per heavy atom. The molecule has 4 aromatic rings. The van der Waals surface area contributed by atoms with Gasteiger partial charge in [0.05, 0.1) is 5.69 Å². The number of amidine groups is 1. The molecule has 1 fully saturated rings. The number of para-hydroxylation sites is 1. The first-order valence-corrected chi connectivity index (χ1v) is 15.4. The van der Waals surface area contributed by atoms with Crippen LogP contribution >= 0.6 is 11.8 Å². The summed E-state index contributed by atoms with van der Waals surface area (Å²) in [4.78, 5) is 23.7. The summed E-state index contributed by atoms with van der Waals surface area (Å²) >= 11 is 1.61. The Labute approximate surface area is 258 Å². The van der Waals surface area contributed by atoms with Gasteiger partial charge in [0.2, 0.25) is 0 Å². The number of nitrogens with zero attached hydrogens (tertiary/aromatic N) is 5. The molecule has 1 atom stereocenters. The van der Waals surface area contributed by atoms with E-state index in [0.29, 0.717) is 18.1 Å². The standard InChI is InChI=1S/C32H33F3N6O2S/c1-3-24-7-4-5-8-28(24)40-17-6-18-44-31(40)38-30(42)36-20-22(2)19-23-9-11-25(12-10-23)29-37-21-41(39-29)26-13-15-27(16-14-26)43-32(33,34)35/h4-5,7-16,21-22H,3,6,17-20H2,1-2H3,(H,36,42). The molecule has 1 aromatic heterocycles. The van der Waals surface area contributed by atoms with Gasteiger partial charge in [-0.2, -0.15) is 4.99 Å². The lowest BCUT2D eigenvalue weighted by molar-refractivity contribution is -0.274. The molecule has 0 saturated carbocycles. The van der Waals surface area contributed by atoms with Crippen molar-refractivity contribution in [1.29, 1.82) is 0 Å². The number of halogens is 3. The summed E-state index contributed by atoms with van der Waals surface area (Å²) < 4.78 is 42.6. The van der Waals surface area contributed by atoms with Crippen LogP contribution in [0.4, 0.5) is 23.7 Å². The van der Waals surface area contributed by atoms with Crippen molar-refractivity contribution in [2.24, 2.45) is 10.9 Å². The Morgan fingerprint density at radius 2 is 1.84 bits per heavy atom. The molecule has 230 valence electrons. The van der Waals surface area contributed by atoms with Crippen LogP contribution in [0.2, 0.25) is 0 Å². The van der Waals surface area contributed by atoms with E-state index in [-0.39, 0.29) is 17.7 Å². The van der Waals surface area contributed by atoms with Gasteiger partial charge < -0.3 is 15.0 Å². The maximum atomic E-state index is 12.8. The lowest BCUT2D eigenvalue weighted by Crippen LogP contribution is -2.37. The Hall–Kier alpha value is -4.32. The molecular formula is C32H33F3N6O2S. The molecular weight excluding hydrogens is 589 g/mol. The molecule has 3 aromatic carbocycles. The zero-order chi connectivity index (χ0) is 31.1. The van der Waals surface area contributed by atoms with Gasteiger partial charge in [-0.1, -0.05) is 68.1 Å². The molecule has 1 unspecified atom stereocenters. The molecule has 0 bridgehead atoms. The van der Waals surface area contributed by atoms with Crippen molar-refractivity contribution in [2.75, 3.05) is 23.7 Å². The highest BCUT2D eigenvalue weighted by molar-refractivity contribution is 8.14. The van der Waals surface area contributed by atoms with Crippen molar-refractivity contribution in [3.63, 3.8) is 0 Å². The average Bonchev–Trinajstić information content (AvgIpc) is 3.51. The van der Waals surface area contributed by atoms with Crippen molar-refractivity contribution in [3.8, 4) is 22.8 Å². The lowest BCUT2D eigenvalue weighted by atomic mass is 10.00. The first-order valence-electron chi connectivity index (χ1n) is 14.4. The topological polar surface area (TPSA) is 84.6 Å². The Kier molecular flexibility index (Phi) is 9.89. The number of aliphatic imine (C=N–C) groups is 1. The number of benzene rings is 3. The van der Waals surface area contributed by atoms with Crippen molar-refractivity contribution in [1.82, 2.24) is 20.1 Å².